The van der Waals surface area contributed by atoms with Crippen LogP contribution in [0.15, 0.2) is 24.3 Å². The Morgan fingerprint density at radius 1 is 1.35 bits per heavy atom. The summed E-state index contributed by atoms with van der Waals surface area (Å²) >= 11 is 5.94. The summed E-state index contributed by atoms with van der Waals surface area (Å²) in [6.07, 6.45) is -0.985. The van der Waals surface area contributed by atoms with Crippen molar-refractivity contribution in [2.45, 2.75) is 40.3 Å². The number of halogens is 1. The molecule has 0 unspecified atom stereocenters. The van der Waals surface area contributed by atoms with Crippen LogP contribution in [-0.4, -0.2) is 22.5 Å². The first-order chi connectivity index (χ1) is 12.3. The van der Waals surface area contributed by atoms with Gasteiger partial charge in [-0.05, 0) is 52.0 Å². The van der Waals surface area contributed by atoms with Crippen molar-refractivity contribution >= 4 is 29.2 Å². The quantitative estimate of drug-likeness (QED) is 0.807. The number of amides is 1. The summed E-state index contributed by atoms with van der Waals surface area (Å²) in [7, 11) is 0. The molecule has 0 saturated carbocycles. The first-order valence-corrected chi connectivity index (χ1v) is 8.54. The summed E-state index contributed by atoms with van der Waals surface area (Å²) in [5, 5.41) is 11.7. The third kappa shape index (κ3) is 4.06. The summed E-state index contributed by atoms with van der Waals surface area (Å²) in [6, 6.07) is 8.24. The fourth-order valence-electron chi connectivity index (χ4n) is 2.70. The number of rotatable bonds is 5. The lowest BCUT2D eigenvalue weighted by molar-refractivity contribution is -0.123. The average molecular weight is 374 g/mol. The van der Waals surface area contributed by atoms with E-state index in [2.05, 4.69) is 5.32 Å². The molecular formula is C19H20ClN3O3. The highest BCUT2D eigenvalue weighted by Crippen LogP contribution is 2.21. The Morgan fingerprint density at radius 2 is 2.04 bits per heavy atom. The molecule has 0 aliphatic heterocycles. The Hall–Kier alpha value is -2.78. The lowest BCUT2D eigenvalue weighted by atomic mass is 10.2. The van der Waals surface area contributed by atoms with E-state index in [9.17, 15) is 9.59 Å². The van der Waals surface area contributed by atoms with Gasteiger partial charge in [0.25, 0.3) is 5.91 Å². The van der Waals surface area contributed by atoms with Crippen molar-refractivity contribution < 1.29 is 14.3 Å². The molecule has 1 aromatic heterocycles. The Kier molecular flexibility index (Phi) is 6.06. The summed E-state index contributed by atoms with van der Waals surface area (Å²) in [5.74, 6) is -1.03. The molecule has 1 N–H and O–H groups in total. The molecule has 1 heterocycles. The van der Waals surface area contributed by atoms with E-state index < -0.39 is 18.0 Å². The summed E-state index contributed by atoms with van der Waals surface area (Å²) in [4.78, 5) is 24.6. The lowest BCUT2D eigenvalue weighted by Gasteiger charge is -2.14. The molecule has 1 atom stereocenters. The van der Waals surface area contributed by atoms with Gasteiger partial charge in [0.2, 0.25) is 0 Å². The third-order valence-corrected chi connectivity index (χ3v) is 4.43. The Balaban J connectivity index is 2.06. The molecule has 0 aliphatic carbocycles. The molecule has 0 aliphatic rings. The number of esters is 1. The number of ether oxygens (including phenoxy) is 1. The van der Waals surface area contributed by atoms with Gasteiger partial charge in [-0.2, -0.15) is 5.26 Å². The van der Waals surface area contributed by atoms with Gasteiger partial charge in [-0.3, -0.25) is 4.79 Å². The number of nitrogens with one attached hydrogen (secondary N) is 1. The van der Waals surface area contributed by atoms with Crippen LogP contribution in [0.3, 0.4) is 0 Å². The maximum atomic E-state index is 12.4. The largest absolute Gasteiger partial charge is 0.449 e. The minimum atomic E-state index is -0.985. The molecule has 6 nitrogen and oxygen atoms in total. The number of hydrogen-bond acceptors (Lipinski definition) is 4. The van der Waals surface area contributed by atoms with Crippen molar-refractivity contribution in [3.8, 4) is 6.07 Å². The maximum absolute atomic E-state index is 12.4. The van der Waals surface area contributed by atoms with Crippen LogP contribution in [0.5, 0.6) is 0 Å². The summed E-state index contributed by atoms with van der Waals surface area (Å²) < 4.78 is 7.29. The number of carbonyl (C=O) groups is 2. The second-order valence-electron chi connectivity index (χ2n) is 5.87. The van der Waals surface area contributed by atoms with E-state index >= 15 is 0 Å². The zero-order valence-corrected chi connectivity index (χ0v) is 15.8. The number of benzene rings is 1. The normalized spacial score (nSPS) is 11.5. The van der Waals surface area contributed by atoms with Gasteiger partial charge in [-0.15, -0.1) is 0 Å². The predicted molar refractivity (Wildman–Crippen MR) is 99.3 cm³/mol. The minimum Gasteiger partial charge on any atom is -0.449 e. The number of aryl methyl sites for hydroxylation is 1. The molecule has 2 aromatic rings. The van der Waals surface area contributed by atoms with Crippen molar-refractivity contribution in [3.05, 3.63) is 51.8 Å². The van der Waals surface area contributed by atoms with Crippen molar-refractivity contribution in [2.24, 2.45) is 0 Å². The molecule has 0 radical (unpaired) electrons. The Labute approximate surface area is 157 Å². The van der Waals surface area contributed by atoms with E-state index in [1.165, 1.54) is 19.1 Å². The number of aromatic nitrogens is 1. The van der Waals surface area contributed by atoms with Crippen LogP contribution in [0, 0.1) is 25.2 Å². The molecule has 0 saturated heterocycles. The highest BCUT2D eigenvalue weighted by atomic mass is 35.5. The minimum absolute atomic E-state index is 0.238. The van der Waals surface area contributed by atoms with Crippen molar-refractivity contribution in [1.29, 1.82) is 5.26 Å². The second kappa shape index (κ2) is 8.07. The van der Waals surface area contributed by atoms with E-state index in [0.29, 0.717) is 16.8 Å². The maximum Gasteiger partial charge on any atom is 0.340 e. The van der Waals surface area contributed by atoms with Gasteiger partial charge in [0.05, 0.1) is 16.1 Å². The van der Waals surface area contributed by atoms with E-state index in [1.807, 2.05) is 31.4 Å². The predicted octanol–water partition coefficient (Wildman–Crippen LogP) is 3.83. The van der Waals surface area contributed by atoms with E-state index in [-0.39, 0.29) is 5.02 Å². The van der Waals surface area contributed by atoms with Gasteiger partial charge in [0.15, 0.2) is 6.10 Å². The van der Waals surface area contributed by atoms with Gasteiger partial charge >= 0.3 is 5.97 Å². The zero-order valence-electron chi connectivity index (χ0n) is 15.1. The molecule has 0 bridgehead atoms. The molecule has 26 heavy (non-hydrogen) atoms. The van der Waals surface area contributed by atoms with Gasteiger partial charge < -0.3 is 14.6 Å². The van der Waals surface area contributed by atoms with Crippen molar-refractivity contribution in [3.63, 3.8) is 0 Å². The summed E-state index contributed by atoms with van der Waals surface area (Å²) in [6.45, 7) is 8.00. The molecule has 1 amide bonds. The average Bonchev–Trinajstić information content (AvgIpc) is 2.88. The van der Waals surface area contributed by atoms with Crippen LogP contribution in [0.2, 0.25) is 5.02 Å². The van der Waals surface area contributed by atoms with Crippen LogP contribution >= 0.6 is 11.6 Å². The van der Waals surface area contributed by atoms with Crippen molar-refractivity contribution in [1.82, 2.24) is 4.57 Å². The Bertz CT molecular complexity index is 896. The monoisotopic (exact) mass is 373 g/mol. The van der Waals surface area contributed by atoms with Gasteiger partial charge in [-0.25, -0.2) is 4.79 Å². The molecule has 136 valence electrons. The number of hydrogen-bond donors (Lipinski definition) is 1. The van der Waals surface area contributed by atoms with Gasteiger partial charge in [0, 0.05) is 23.6 Å². The highest BCUT2D eigenvalue weighted by molar-refractivity contribution is 6.32. The van der Waals surface area contributed by atoms with E-state index in [4.69, 9.17) is 21.6 Å². The fourth-order valence-corrected chi connectivity index (χ4v) is 2.92. The lowest BCUT2D eigenvalue weighted by Crippen LogP contribution is -2.30. The first-order valence-electron chi connectivity index (χ1n) is 8.16. The number of anilines is 1. The van der Waals surface area contributed by atoms with Crippen LogP contribution in [0.4, 0.5) is 5.69 Å². The molecule has 0 fully saturated rings. The first kappa shape index (κ1) is 19.5. The molecule has 1 aromatic carbocycles. The number of nitrogens with zero attached hydrogens (tertiary/aromatic N) is 2. The second-order valence-corrected chi connectivity index (χ2v) is 6.28. The summed E-state index contributed by atoms with van der Waals surface area (Å²) in [5.41, 5.74) is 2.95. The molecule has 2 rings (SSSR count). The molecular weight excluding hydrogens is 354 g/mol. The SMILES string of the molecule is CCn1c(C)cc(C(=O)O[C@H](C)C(=O)Nc2ccc(C#N)c(Cl)c2)c1C. The fraction of sp³-hybridized carbons (Fsp3) is 0.316. The van der Waals surface area contributed by atoms with Crippen LogP contribution in [-0.2, 0) is 16.1 Å². The smallest absolute Gasteiger partial charge is 0.340 e. The van der Waals surface area contributed by atoms with Crippen molar-refractivity contribution in [2.75, 3.05) is 5.32 Å². The van der Waals surface area contributed by atoms with E-state index in [1.54, 1.807) is 12.1 Å². The number of carbonyl (C=O) groups excluding carboxylic acids is 2. The van der Waals surface area contributed by atoms with Crippen LogP contribution in [0.1, 0.15) is 41.2 Å². The van der Waals surface area contributed by atoms with Crippen LogP contribution < -0.4 is 5.32 Å². The van der Waals surface area contributed by atoms with Gasteiger partial charge in [0.1, 0.15) is 6.07 Å². The standard InChI is InChI=1S/C19H20ClN3O3/c1-5-23-11(2)8-16(12(23)3)19(25)26-13(4)18(24)22-15-7-6-14(10-21)17(20)9-15/h6-9,13H,5H2,1-4H3,(H,22,24)/t13-/m1/s1. The third-order valence-electron chi connectivity index (χ3n) is 4.12. The molecule has 0 spiro atoms. The highest BCUT2D eigenvalue weighted by Gasteiger charge is 2.22. The number of nitriles is 1. The van der Waals surface area contributed by atoms with Crippen LogP contribution in [0.25, 0.3) is 0 Å². The Morgan fingerprint density at radius 3 is 2.58 bits per heavy atom. The van der Waals surface area contributed by atoms with Gasteiger partial charge in [-0.1, -0.05) is 11.6 Å². The molecule has 7 heteroatoms. The zero-order chi connectivity index (χ0) is 19.4. The topological polar surface area (TPSA) is 84.1 Å². The van der Waals surface area contributed by atoms with E-state index in [0.717, 1.165) is 17.9 Å².